The molecule has 1 rings (SSSR count). The van der Waals surface area contributed by atoms with Gasteiger partial charge < -0.3 is 9.84 Å². The van der Waals surface area contributed by atoms with Crippen molar-refractivity contribution < 1.29 is 14.6 Å². The predicted octanol–water partition coefficient (Wildman–Crippen LogP) is 1.69. The number of aromatic nitrogens is 1. The third-order valence-corrected chi connectivity index (χ3v) is 2.15. The summed E-state index contributed by atoms with van der Waals surface area (Å²) in [5.74, 6) is -0.387. The van der Waals surface area contributed by atoms with Crippen LogP contribution in [-0.4, -0.2) is 22.7 Å². The Morgan fingerprint density at radius 1 is 1.44 bits per heavy atom. The first-order valence-electron chi connectivity index (χ1n) is 5.31. The molecule has 1 aromatic rings. The largest absolute Gasteiger partial charge is 0.466 e. The number of carbonyl (C=O) groups is 1. The molecule has 1 N–H and O–H groups in total. The number of aliphatic hydroxyl groups excluding tert-OH is 1. The Morgan fingerprint density at radius 2 is 2.00 bits per heavy atom. The van der Waals surface area contributed by atoms with E-state index in [1.54, 1.807) is 19.1 Å². The monoisotopic (exact) mass is 223 g/mol. The lowest BCUT2D eigenvalue weighted by molar-refractivity contribution is -0.145. The van der Waals surface area contributed by atoms with E-state index < -0.39 is 6.10 Å². The van der Waals surface area contributed by atoms with Crippen molar-refractivity contribution in [2.45, 2.75) is 33.3 Å². The van der Waals surface area contributed by atoms with E-state index in [1.165, 1.54) is 0 Å². The van der Waals surface area contributed by atoms with Crippen LogP contribution in [0.4, 0.5) is 0 Å². The molecular weight excluding hydrogens is 206 g/mol. The third kappa shape index (κ3) is 3.62. The molecule has 0 aliphatic heterocycles. The van der Waals surface area contributed by atoms with E-state index in [0.29, 0.717) is 12.2 Å². The second-order valence-electron chi connectivity index (χ2n) is 3.71. The Hall–Kier alpha value is -1.42. The van der Waals surface area contributed by atoms with Gasteiger partial charge >= 0.3 is 5.97 Å². The molecule has 4 nitrogen and oxygen atoms in total. The lowest BCUT2D eigenvalue weighted by Crippen LogP contribution is -2.10. The van der Waals surface area contributed by atoms with Gasteiger partial charge in [0.2, 0.25) is 0 Å². The average molecular weight is 223 g/mol. The summed E-state index contributed by atoms with van der Waals surface area (Å²) in [6.45, 7) is 5.78. The van der Waals surface area contributed by atoms with Crippen LogP contribution in [0.15, 0.2) is 12.1 Å². The van der Waals surface area contributed by atoms with Gasteiger partial charge in [-0.25, -0.2) is 0 Å². The summed E-state index contributed by atoms with van der Waals surface area (Å²) < 4.78 is 4.78. The van der Waals surface area contributed by atoms with Crippen molar-refractivity contribution in [3.8, 4) is 0 Å². The number of esters is 1. The van der Waals surface area contributed by atoms with Crippen molar-refractivity contribution in [3.05, 3.63) is 29.1 Å². The maximum absolute atomic E-state index is 11.2. The fraction of sp³-hybridized carbons (Fsp3) is 0.500. The van der Waals surface area contributed by atoms with Gasteiger partial charge in [0.05, 0.1) is 19.1 Å². The summed E-state index contributed by atoms with van der Waals surface area (Å²) in [6.07, 6.45) is -0.837. The second kappa shape index (κ2) is 5.61. The summed E-state index contributed by atoms with van der Waals surface area (Å²) in [4.78, 5) is 15.4. The number of hydrogen-bond acceptors (Lipinski definition) is 4. The van der Waals surface area contributed by atoms with Crippen LogP contribution < -0.4 is 0 Å². The summed E-state index contributed by atoms with van der Waals surface area (Å²) in [5, 5.41) is 9.84. The SMILES string of the molecule is CCOC(=O)CC(O)c1cc(C)nc(C)c1. The first-order valence-corrected chi connectivity index (χ1v) is 5.31. The van der Waals surface area contributed by atoms with Crippen molar-refractivity contribution in [1.29, 1.82) is 0 Å². The smallest absolute Gasteiger partial charge is 0.308 e. The van der Waals surface area contributed by atoms with Crippen LogP contribution in [0.5, 0.6) is 0 Å². The minimum atomic E-state index is -0.820. The minimum absolute atomic E-state index is 0.0171. The van der Waals surface area contributed by atoms with E-state index in [9.17, 15) is 9.90 Å². The van der Waals surface area contributed by atoms with Gasteiger partial charge in [0, 0.05) is 11.4 Å². The van der Waals surface area contributed by atoms with Crippen molar-refractivity contribution >= 4 is 5.97 Å². The van der Waals surface area contributed by atoms with Gasteiger partial charge in [0.1, 0.15) is 0 Å². The van der Waals surface area contributed by atoms with E-state index in [4.69, 9.17) is 4.74 Å². The zero-order valence-corrected chi connectivity index (χ0v) is 9.86. The molecule has 1 heterocycles. The highest BCUT2D eigenvalue weighted by atomic mass is 16.5. The van der Waals surface area contributed by atoms with Crippen LogP contribution in [-0.2, 0) is 9.53 Å². The average Bonchev–Trinajstić information content (AvgIpc) is 2.16. The first kappa shape index (κ1) is 12.6. The zero-order valence-electron chi connectivity index (χ0n) is 9.86. The minimum Gasteiger partial charge on any atom is -0.466 e. The Bertz CT molecular complexity index is 356. The Labute approximate surface area is 95.3 Å². The maximum Gasteiger partial charge on any atom is 0.308 e. The molecule has 1 atom stereocenters. The molecule has 1 aromatic heterocycles. The van der Waals surface area contributed by atoms with E-state index >= 15 is 0 Å². The number of aliphatic hydroxyl groups is 1. The molecule has 1 unspecified atom stereocenters. The van der Waals surface area contributed by atoms with Crippen LogP contribution in [0.3, 0.4) is 0 Å². The molecule has 0 aliphatic rings. The fourth-order valence-corrected chi connectivity index (χ4v) is 1.55. The van der Waals surface area contributed by atoms with Gasteiger partial charge in [-0.05, 0) is 38.5 Å². The van der Waals surface area contributed by atoms with Crippen LogP contribution in [0.1, 0.15) is 36.4 Å². The maximum atomic E-state index is 11.2. The molecule has 0 saturated carbocycles. The predicted molar refractivity (Wildman–Crippen MR) is 59.9 cm³/mol. The topological polar surface area (TPSA) is 59.4 Å². The summed E-state index contributed by atoms with van der Waals surface area (Å²) in [6, 6.07) is 3.55. The van der Waals surface area contributed by atoms with E-state index in [0.717, 1.165) is 11.4 Å². The van der Waals surface area contributed by atoms with Gasteiger partial charge in [0.15, 0.2) is 0 Å². The molecule has 0 radical (unpaired) electrons. The molecular formula is C12H17NO3. The van der Waals surface area contributed by atoms with Crippen molar-refractivity contribution in [3.63, 3.8) is 0 Å². The molecule has 0 aliphatic carbocycles. The van der Waals surface area contributed by atoms with Crippen LogP contribution in [0.25, 0.3) is 0 Å². The van der Waals surface area contributed by atoms with E-state index in [1.807, 2.05) is 13.8 Å². The Kier molecular flexibility index (Phi) is 4.43. The van der Waals surface area contributed by atoms with Crippen LogP contribution in [0, 0.1) is 13.8 Å². The number of hydrogen-bond donors (Lipinski definition) is 1. The highest BCUT2D eigenvalue weighted by Gasteiger charge is 2.14. The van der Waals surface area contributed by atoms with Gasteiger partial charge in [-0.3, -0.25) is 9.78 Å². The van der Waals surface area contributed by atoms with Crippen molar-refractivity contribution in [1.82, 2.24) is 4.98 Å². The van der Waals surface area contributed by atoms with Crippen molar-refractivity contribution in [2.24, 2.45) is 0 Å². The standard InChI is InChI=1S/C12H17NO3/c1-4-16-12(15)7-11(14)10-5-8(2)13-9(3)6-10/h5-6,11,14H,4,7H2,1-3H3. The normalized spacial score (nSPS) is 12.2. The van der Waals surface area contributed by atoms with Crippen LogP contribution >= 0.6 is 0 Å². The third-order valence-electron chi connectivity index (χ3n) is 2.15. The number of pyridine rings is 1. The summed E-state index contributed by atoms with van der Waals surface area (Å²) >= 11 is 0. The summed E-state index contributed by atoms with van der Waals surface area (Å²) in [5.41, 5.74) is 2.37. The van der Waals surface area contributed by atoms with Gasteiger partial charge in [-0.15, -0.1) is 0 Å². The molecule has 0 spiro atoms. The van der Waals surface area contributed by atoms with Gasteiger partial charge in [-0.2, -0.15) is 0 Å². The van der Waals surface area contributed by atoms with Crippen molar-refractivity contribution in [2.75, 3.05) is 6.61 Å². The number of aryl methyl sites for hydroxylation is 2. The molecule has 0 fully saturated rings. The molecule has 4 heteroatoms. The van der Waals surface area contributed by atoms with Gasteiger partial charge in [0.25, 0.3) is 0 Å². The molecule has 0 saturated heterocycles. The van der Waals surface area contributed by atoms with Crippen LogP contribution in [0.2, 0.25) is 0 Å². The number of rotatable bonds is 4. The van der Waals surface area contributed by atoms with E-state index in [-0.39, 0.29) is 12.4 Å². The number of ether oxygens (including phenoxy) is 1. The highest BCUT2D eigenvalue weighted by molar-refractivity contribution is 5.70. The molecule has 0 aromatic carbocycles. The molecule has 16 heavy (non-hydrogen) atoms. The quantitative estimate of drug-likeness (QED) is 0.789. The first-order chi connectivity index (χ1) is 7.52. The zero-order chi connectivity index (χ0) is 12.1. The lowest BCUT2D eigenvalue weighted by Gasteiger charge is -2.11. The molecule has 88 valence electrons. The number of carbonyl (C=O) groups excluding carboxylic acids is 1. The Balaban J connectivity index is 2.72. The summed E-state index contributed by atoms with van der Waals surface area (Å²) in [7, 11) is 0. The van der Waals surface area contributed by atoms with Gasteiger partial charge in [-0.1, -0.05) is 0 Å². The molecule has 0 amide bonds. The number of nitrogens with zero attached hydrogens (tertiary/aromatic N) is 1. The fourth-order valence-electron chi connectivity index (χ4n) is 1.55. The Morgan fingerprint density at radius 3 is 2.50 bits per heavy atom. The lowest BCUT2D eigenvalue weighted by atomic mass is 10.1. The van der Waals surface area contributed by atoms with E-state index in [2.05, 4.69) is 4.98 Å². The molecule has 0 bridgehead atoms. The second-order valence-corrected chi connectivity index (χ2v) is 3.71. The highest BCUT2D eigenvalue weighted by Crippen LogP contribution is 2.18.